The number of hydrazine groups is 1. The fourth-order valence-electron chi connectivity index (χ4n) is 1.74. The molecule has 1 unspecified atom stereocenters. The number of nitrogen functional groups attached to an aromatic ring is 1. The maximum atomic E-state index is 12.1. The van der Waals surface area contributed by atoms with E-state index in [-0.39, 0.29) is 11.9 Å². The number of amides is 1. The van der Waals surface area contributed by atoms with Gasteiger partial charge in [0.2, 0.25) is 0 Å². The van der Waals surface area contributed by atoms with Gasteiger partial charge in [0.05, 0.1) is 11.6 Å². The molecule has 6 nitrogen and oxygen atoms in total. The molecule has 0 aliphatic rings. The van der Waals surface area contributed by atoms with Gasteiger partial charge in [-0.15, -0.1) is 0 Å². The molecule has 0 saturated carbocycles. The molecule has 0 spiro atoms. The molecule has 1 atom stereocenters. The number of aromatic nitrogens is 1. The minimum absolute atomic E-state index is 0.230. The number of rotatable bonds is 4. The number of anilines is 1. The Balaban J connectivity index is 2.12. The van der Waals surface area contributed by atoms with Gasteiger partial charge in [0.25, 0.3) is 5.91 Å². The highest BCUT2D eigenvalue weighted by Gasteiger charge is 2.16. The van der Waals surface area contributed by atoms with E-state index >= 15 is 0 Å². The lowest BCUT2D eigenvalue weighted by atomic mass is 10.2. The van der Waals surface area contributed by atoms with Gasteiger partial charge in [0.1, 0.15) is 11.5 Å². The highest BCUT2D eigenvalue weighted by atomic mass is 16.3. The van der Waals surface area contributed by atoms with Crippen LogP contribution < -0.4 is 16.6 Å². The van der Waals surface area contributed by atoms with E-state index in [0.29, 0.717) is 17.1 Å². The van der Waals surface area contributed by atoms with Crippen LogP contribution in [0.1, 0.15) is 34.8 Å². The lowest BCUT2D eigenvalue weighted by molar-refractivity contribution is 0.0935. The summed E-state index contributed by atoms with van der Waals surface area (Å²) in [6, 6.07) is 6.79. The fourth-order valence-corrected chi connectivity index (χ4v) is 1.74. The highest BCUT2D eigenvalue weighted by molar-refractivity contribution is 5.98. The van der Waals surface area contributed by atoms with Gasteiger partial charge in [0.15, 0.2) is 5.82 Å². The monoisotopic (exact) mass is 260 g/mol. The minimum atomic E-state index is -0.261. The molecule has 0 aliphatic carbocycles. The first-order valence-corrected chi connectivity index (χ1v) is 5.90. The fraction of sp³-hybridized carbons (Fsp3) is 0.231. The third kappa shape index (κ3) is 2.92. The Hall–Kier alpha value is -2.34. The average molecular weight is 260 g/mol. The predicted octanol–water partition coefficient (Wildman–Crippen LogP) is 1.76. The van der Waals surface area contributed by atoms with E-state index in [1.54, 1.807) is 18.3 Å². The van der Waals surface area contributed by atoms with Gasteiger partial charge in [-0.25, -0.2) is 10.8 Å². The summed E-state index contributed by atoms with van der Waals surface area (Å²) in [5, 5.41) is 2.83. The maximum absolute atomic E-state index is 12.1. The summed E-state index contributed by atoms with van der Waals surface area (Å²) in [6.45, 7) is 3.71. The zero-order valence-electron chi connectivity index (χ0n) is 10.8. The lowest BCUT2D eigenvalue weighted by Gasteiger charge is -2.13. The number of carbonyl (C=O) groups is 1. The number of hydrogen-bond donors (Lipinski definition) is 3. The van der Waals surface area contributed by atoms with Crippen LogP contribution in [0.2, 0.25) is 0 Å². The average Bonchev–Trinajstić information content (AvgIpc) is 2.85. The van der Waals surface area contributed by atoms with Crippen LogP contribution in [0.25, 0.3) is 0 Å². The van der Waals surface area contributed by atoms with Crippen LogP contribution in [-0.4, -0.2) is 10.9 Å². The summed E-state index contributed by atoms with van der Waals surface area (Å²) in [5.74, 6) is 6.91. The van der Waals surface area contributed by atoms with E-state index in [2.05, 4.69) is 15.7 Å². The third-order valence-electron chi connectivity index (χ3n) is 2.72. The van der Waals surface area contributed by atoms with Gasteiger partial charge in [-0.1, -0.05) is 0 Å². The van der Waals surface area contributed by atoms with E-state index in [0.717, 1.165) is 5.76 Å². The van der Waals surface area contributed by atoms with Crippen LogP contribution in [0, 0.1) is 6.92 Å². The summed E-state index contributed by atoms with van der Waals surface area (Å²) in [4.78, 5) is 16.1. The van der Waals surface area contributed by atoms with Crippen molar-refractivity contribution in [2.75, 3.05) is 5.43 Å². The largest absolute Gasteiger partial charge is 0.464 e. The first-order chi connectivity index (χ1) is 9.11. The molecule has 2 heterocycles. The molecule has 0 radical (unpaired) electrons. The lowest BCUT2D eigenvalue weighted by Crippen LogP contribution is -2.28. The topological polar surface area (TPSA) is 93.2 Å². The van der Waals surface area contributed by atoms with E-state index in [1.165, 1.54) is 0 Å². The second kappa shape index (κ2) is 5.53. The van der Waals surface area contributed by atoms with Crippen LogP contribution in [0.3, 0.4) is 0 Å². The second-order valence-electron chi connectivity index (χ2n) is 4.19. The first-order valence-electron chi connectivity index (χ1n) is 5.90. The van der Waals surface area contributed by atoms with Crippen LogP contribution >= 0.6 is 0 Å². The standard InChI is InChI=1S/C13H16N4O2/c1-8-5-6-11(19-8)9(2)16-13(18)10-4-3-7-15-12(10)17-14/h3-7,9H,14H2,1-2H3,(H,15,17)(H,16,18). The van der Waals surface area contributed by atoms with Crippen molar-refractivity contribution in [1.29, 1.82) is 0 Å². The van der Waals surface area contributed by atoms with Crippen molar-refractivity contribution in [3.63, 3.8) is 0 Å². The Morgan fingerprint density at radius 3 is 2.84 bits per heavy atom. The third-order valence-corrected chi connectivity index (χ3v) is 2.72. The zero-order chi connectivity index (χ0) is 13.8. The molecule has 2 aromatic heterocycles. The quantitative estimate of drug-likeness (QED) is 0.575. The van der Waals surface area contributed by atoms with Crippen LogP contribution in [-0.2, 0) is 0 Å². The molecular formula is C13H16N4O2. The summed E-state index contributed by atoms with van der Waals surface area (Å²) >= 11 is 0. The summed E-state index contributed by atoms with van der Waals surface area (Å²) in [7, 11) is 0. The molecule has 6 heteroatoms. The van der Waals surface area contributed by atoms with Crippen LogP contribution in [0.5, 0.6) is 0 Å². The Morgan fingerprint density at radius 2 is 2.21 bits per heavy atom. The summed E-state index contributed by atoms with van der Waals surface area (Å²) in [5.41, 5.74) is 2.79. The molecule has 0 aliphatic heterocycles. The number of pyridine rings is 1. The van der Waals surface area contributed by atoms with Crippen molar-refractivity contribution in [2.45, 2.75) is 19.9 Å². The van der Waals surface area contributed by atoms with E-state index in [1.807, 2.05) is 26.0 Å². The molecular weight excluding hydrogens is 244 g/mol. The van der Waals surface area contributed by atoms with Crippen molar-refractivity contribution in [3.05, 3.63) is 47.5 Å². The van der Waals surface area contributed by atoms with Crippen LogP contribution in [0.15, 0.2) is 34.9 Å². The highest BCUT2D eigenvalue weighted by Crippen LogP contribution is 2.17. The molecule has 0 saturated heterocycles. The molecule has 100 valence electrons. The maximum Gasteiger partial charge on any atom is 0.255 e. The SMILES string of the molecule is Cc1ccc(C(C)NC(=O)c2cccnc2NN)o1. The number of nitrogens with zero attached hydrogens (tertiary/aromatic N) is 1. The second-order valence-corrected chi connectivity index (χ2v) is 4.19. The Labute approximate surface area is 111 Å². The van der Waals surface area contributed by atoms with Gasteiger partial charge >= 0.3 is 0 Å². The number of aryl methyl sites for hydroxylation is 1. The van der Waals surface area contributed by atoms with Crippen molar-refractivity contribution in [3.8, 4) is 0 Å². The van der Waals surface area contributed by atoms with Crippen LogP contribution in [0.4, 0.5) is 5.82 Å². The molecule has 4 N–H and O–H groups in total. The molecule has 2 rings (SSSR count). The van der Waals surface area contributed by atoms with Gasteiger partial charge in [-0.05, 0) is 38.1 Å². The van der Waals surface area contributed by atoms with Crippen molar-refractivity contribution >= 4 is 11.7 Å². The normalized spacial score (nSPS) is 11.9. The number of furan rings is 1. The van der Waals surface area contributed by atoms with E-state index in [9.17, 15) is 4.79 Å². The minimum Gasteiger partial charge on any atom is -0.464 e. The van der Waals surface area contributed by atoms with E-state index < -0.39 is 0 Å². The Morgan fingerprint density at radius 1 is 1.42 bits per heavy atom. The smallest absolute Gasteiger partial charge is 0.255 e. The molecule has 0 bridgehead atoms. The van der Waals surface area contributed by atoms with Gasteiger partial charge < -0.3 is 15.2 Å². The number of carbonyl (C=O) groups excluding carboxylic acids is 1. The zero-order valence-corrected chi connectivity index (χ0v) is 10.8. The van der Waals surface area contributed by atoms with Gasteiger partial charge in [-0.2, -0.15) is 0 Å². The molecule has 0 fully saturated rings. The Bertz CT molecular complexity index is 580. The Kier molecular flexibility index (Phi) is 3.82. The van der Waals surface area contributed by atoms with E-state index in [4.69, 9.17) is 10.3 Å². The molecule has 0 aromatic carbocycles. The predicted molar refractivity (Wildman–Crippen MR) is 71.4 cm³/mol. The van der Waals surface area contributed by atoms with Crippen molar-refractivity contribution in [1.82, 2.24) is 10.3 Å². The summed E-state index contributed by atoms with van der Waals surface area (Å²) < 4.78 is 5.47. The number of nitrogens with one attached hydrogen (secondary N) is 2. The van der Waals surface area contributed by atoms with Gasteiger partial charge in [0, 0.05) is 6.20 Å². The number of hydrogen-bond acceptors (Lipinski definition) is 5. The molecule has 1 amide bonds. The molecule has 19 heavy (non-hydrogen) atoms. The first kappa shape index (κ1) is 13.1. The number of nitrogens with two attached hydrogens (primary N) is 1. The summed E-state index contributed by atoms with van der Waals surface area (Å²) in [6.07, 6.45) is 1.56. The van der Waals surface area contributed by atoms with Crippen molar-refractivity contribution in [2.24, 2.45) is 5.84 Å². The van der Waals surface area contributed by atoms with Crippen molar-refractivity contribution < 1.29 is 9.21 Å². The van der Waals surface area contributed by atoms with Gasteiger partial charge in [-0.3, -0.25) is 4.79 Å². The molecule has 2 aromatic rings.